The van der Waals surface area contributed by atoms with E-state index in [1.54, 1.807) is 0 Å². The molecule has 0 saturated carbocycles. The Morgan fingerprint density at radius 2 is 1.59 bits per heavy atom. The highest BCUT2D eigenvalue weighted by Gasteiger charge is 2.58. The highest BCUT2D eigenvalue weighted by atomic mass is 16.7. The summed E-state index contributed by atoms with van der Waals surface area (Å²) < 4.78 is 23.2. The predicted molar refractivity (Wildman–Crippen MR) is 64.0 cm³/mol. The number of rotatable bonds is 1. The molecule has 0 aromatic carbocycles. The number of hydrogen-bond donors (Lipinski definition) is 0. The maximum Gasteiger partial charge on any atom is 0.463 e. The van der Waals surface area contributed by atoms with E-state index in [1.807, 2.05) is 0 Å². The molecule has 0 N–H and O–H groups in total. The molecule has 3 heterocycles. The largest absolute Gasteiger partial charge is 0.463 e. The van der Waals surface area contributed by atoms with Crippen LogP contribution in [0.2, 0.25) is 5.82 Å². The molecular formula is C12H21BO4. The average molecular weight is 240 g/mol. The smallest absolute Gasteiger partial charge is 0.403 e. The predicted octanol–water partition coefficient (Wildman–Crippen LogP) is 1.64. The molecule has 1 unspecified atom stereocenters. The fourth-order valence-electron chi connectivity index (χ4n) is 2.67. The van der Waals surface area contributed by atoms with E-state index in [-0.39, 0.29) is 23.9 Å². The summed E-state index contributed by atoms with van der Waals surface area (Å²) in [5.74, 6) is 0.333. The second-order valence-corrected chi connectivity index (χ2v) is 6.58. The lowest BCUT2D eigenvalue weighted by Gasteiger charge is -2.36. The first-order valence-corrected chi connectivity index (χ1v) is 6.41. The molecule has 0 amide bonds. The van der Waals surface area contributed by atoms with Crippen LogP contribution in [0.5, 0.6) is 0 Å². The van der Waals surface area contributed by atoms with Gasteiger partial charge < -0.3 is 18.8 Å². The summed E-state index contributed by atoms with van der Waals surface area (Å²) in [6, 6.07) is 0. The van der Waals surface area contributed by atoms with Crippen LogP contribution in [-0.2, 0) is 18.8 Å². The summed E-state index contributed by atoms with van der Waals surface area (Å²) >= 11 is 0. The van der Waals surface area contributed by atoms with E-state index in [0.717, 1.165) is 26.2 Å². The van der Waals surface area contributed by atoms with E-state index in [9.17, 15) is 0 Å². The zero-order chi connectivity index (χ0) is 12.3. The first-order chi connectivity index (χ1) is 7.84. The van der Waals surface area contributed by atoms with Crippen LogP contribution in [0.1, 0.15) is 34.1 Å². The quantitative estimate of drug-likeness (QED) is 0.653. The van der Waals surface area contributed by atoms with Crippen molar-refractivity contribution in [3.05, 3.63) is 0 Å². The van der Waals surface area contributed by atoms with E-state index < -0.39 is 0 Å². The summed E-state index contributed by atoms with van der Waals surface area (Å²) in [7, 11) is -0.139. The SMILES string of the molecule is CC1(C)OB(C2COC3(COC3)C2)OC1(C)C. The topological polar surface area (TPSA) is 36.9 Å². The Bertz CT molecular complexity index is 308. The fourth-order valence-corrected chi connectivity index (χ4v) is 2.67. The summed E-state index contributed by atoms with van der Waals surface area (Å²) in [5, 5.41) is 0. The average Bonchev–Trinajstić information content (AvgIpc) is 2.66. The van der Waals surface area contributed by atoms with Crippen molar-refractivity contribution in [1.29, 1.82) is 0 Å². The van der Waals surface area contributed by atoms with Gasteiger partial charge in [0, 0.05) is 12.4 Å². The Labute approximate surface area is 103 Å². The lowest BCUT2D eigenvalue weighted by atomic mass is 9.68. The second kappa shape index (κ2) is 3.47. The third-order valence-electron chi connectivity index (χ3n) is 4.62. The van der Waals surface area contributed by atoms with Crippen molar-refractivity contribution in [2.75, 3.05) is 19.8 Å². The third kappa shape index (κ3) is 1.75. The van der Waals surface area contributed by atoms with Gasteiger partial charge >= 0.3 is 7.12 Å². The monoisotopic (exact) mass is 240 g/mol. The summed E-state index contributed by atoms with van der Waals surface area (Å²) in [5.41, 5.74) is -0.526. The van der Waals surface area contributed by atoms with Gasteiger partial charge in [-0.25, -0.2) is 0 Å². The summed E-state index contributed by atoms with van der Waals surface area (Å²) in [4.78, 5) is 0. The van der Waals surface area contributed by atoms with Crippen molar-refractivity contribution in [2.45, 2.75) is 56.7 Å². The van der Waals surface area contributed by atoms with Gasteiger partial charge in [0.25, 0.3) is 0 Å². The van der Waals surface area contributed by atoms with Crippen LogP contribution in [0, 0.1) is 0 Å². The highest BCUT2D eigenvalue weighted by molar-refractivity contribution is 6.47. The zero-order valence-electron chi connectivity index (χ0n) is 11.1. The molecule has 0 bridgehead atoms. The lowest BCUT2D eigenvalue weighted by Crippen LogP contribution is -2.49. The Morgan fingerprint density at radius 1 is 1.00 bits per heavy atom. The molecule has 0 aromatic heterocycles. The lowest BCUT2D eigenvalue weighted by molar-refractivity contribution is -0.184. The molecule has 3 fully saturated rings. The molecule has 17 heavy (non-hydrogen) atoms. The molecule has 3 aliphatic rings. The van der Waals surface area contributed by atoms with Crippen LogP contribution in [0.25, 0.3) is 0 Å². The summed E-state index contributed by atoms with van der Waals surface area (Å²) in [6.45, 7) is 10.5. The van der Waals surface area contributed by atoms with Gasteiger partial charge in [-0.3, -0.25) is 0 Å². The normalized spacial score (nSPS) is 37.4. The van der Waals surface area contributed by atoms with Gasteiger partial charge in [-0.15, -0.1) is 0 Å². The van der Waals surface area contributed by atoms with Crippen molar-refractivity contribution in [3.8, 4) is 0 Å². The van der Waals surface area contributed by atoms with Crippen LogP contribution in [0.4, 0.5) is 0 Å². The molecule has 1 atom stereocenters. The third-order valence-corrected chi connectivity index (χ3v) is 4.62. The second-order valence-electron chi connectivity index (χ2n) is 6.58. The minimum Gasteiger partial charge on any atom is -0.403 e. The van der Waals surface area contributed by atoms with Gasteiger partial charge in [0.05, 0.1) is 24.4 Å². The van der Waals surface area contributed by atoms with Crippen LogP contribution >= 0.6 is 0 Å². The first kappa shape index (κ1) is 12.0. The molecule has 1 spiro atoms. The van der Waals surface area contributed by atoms with Crippen molar-refractivity contribution in [3.63, 3.8) is 0 Å². The van der Waals surface area contributed by atoms with Gasteiger partial charge in [-0.1, -0.05) is 0 Å². The standard InChI is InChI=1S/C12H21BO4/c1-10(2)11(3,4)17-13(16-10)9-5-12(15-6-9)7-14-8-12/h9H,5-8H2,1-4H3. The Morgan fingerprint density at radius 3 is 2.00 bits per heavy atom. The van der Waals surface area contributed by atoms with Gasteiger partial charge in [-0.2, -0.15) is 0 Å². The van der Waals surface area contributed by atoms with Crippen LogP contribution < -0.4 is 0 Å². The van der Waals surface area contributed by atoms with Gasteiger partial charge in [0.15, 0.2) is 0 Å². The first-order valence-electron chi connectivity index (χ1n) is 6.41. The minimum absolute atomic E-state index is 0.0335. The van der Waals surface area contributed by atoms with Crippen molar-refractivity contribution >= 4 is 7.12 Å². The molecule has 3 aliphatic heterocycles. The van der Waals surface area contributed by atoms with Gasteiger partial charge in [0.2, 0.25) is 0 Å². The van der Waals surface area contributed by atoms with Crippen molar-refractivity contribution in [2.24, 2.45) is 0 Å². The number of hydrogen-bond acceptors (Lipinski definition) is 4. The van der Waals surface area contributed by atoms with E-state index in [0.29, 0.717) is 5.82 Å². The van der Waals surface area contributed by atoms with E-state index >= 15 is 0 Å². The van der Waals surface area contributed by atoms with Gasteiger partial charge in [0.1, 0.15) is 5.60 Å². The highest BCUT2D eigenvalue weighted by Crippen LogP contribution is 2.46. The molecule has 96 valence electrons. The van der Waals surface area contributed by atoms with Crippen LogP contribution in [0.15, 0.2) is 0 Å². The zero-order valence-corrected chi connectivity index (χ0v) is 11.1. The molecule has 0 aromatic rings. The Balaban J connectivity index is 1.68. The van der Waals surface area contributed by atoms with E-state index in [2.05, 4.69) is 27.7 Å². The molecule has 3 rings (SSSR count). The molecule has 4 nitrogen and oxygen atoms in total. The Kier molecular flexibility index (Phi) is 2.44. The molecule has 0 radical (unpaired) electrons. The molecule has 5 heteroatoms. The maximum atomic E-state index is 6.07. The van der Waals surface area contributed by atoms with Gasteiger partial charge in [-0.05, 0) is 34.1 Å². The van der Waals surface area contributed by atoms with Crippen LogP contribution in [0.3, 0.4) is 0 Å². The van der Waals surface area contributed by atoms with Crippen molar-refractivity contribution in [1.82, 2.24) is 0 Å². The number of ether oxygens (including phenoxy) is 2. The minimum atomic E-state index is -0.246. The molecular weight excluding hydrogens is 219 g/mol. The van der Waals surface area contributed by atoms with Crippen molar-refractivity contribution < 1.29 is 18.8 Å². The molecule has 3 saturated heterocycles. The van der Waals surface area contributed by atoms with E-state index in [1.165, 1.54) is 0 Å². The van der Waals surface area contributed by atoms with Crippen LogP contribution in [-0.4, -0.2) is 43.7 Å². The molecule has 0 aliphatic carbocycles. The summed E-state index contributed by atoms with van der Waals surface area (Å²) in [6.07, 6.45) is 0.990. The maximum absolute atomic E-state index is 6.07. The van der Waals surface area contributed by atoms with E-state index in [4.69, 9.17) is 18.8 Å². The Hall–Kier alpha value is -0.0951. The fraction of sp³-hybridized carbons (Fsp3) is 1.00.